The number of pyridine rings is 1. The number of anilines is 1. The zero-order chi connectivity index (χ0) is 26.8. The number of carbonyl (C=O) groups is 2. The Balaban J connectivity index is 1.22. The Morgan fingerprint density at radius 2 is 2.00 bits per heavy atom. The third-order valence-electron chi connectivity index (χ3n) is 8.64. The summed E-state index contributed by atoms with van der Waals surface area (Å²) in [5, 5.41) is 13.4. The molecule has 3 heterocycles. The van der Waals surface area contributed by atoms with Crippen molar-refractivity contribution in [3.63, 3.8) is 0 Å². The Hall–Kier alpha value is -2.84. The molecule has 7 nitrogen and oxygen atoms in total. The van der Waals surface area contributed by atoms with E-state index in [1.54, 1.807) is 6.07 Å². The van der Waals surface area contributed by atoms with Gasteiger partial charge in [-0.1, -0.05) is 18.0 Å². The van der Waals surface area contributed by atoms with Gasteiger partial charge in [-0.3, -0.25) is 9.59 Å². The predicted molar refractivity (Wildman–Crippen MR) is 143 cm³/mol. The molecular formula is C29H32ClFN4O3. The molecule has 6 rings (SSSR count). The Morgan fingerprint density at radius 3 is 2.76 bits per heavy atom. The van der Waals surface area contributed by atoms with Gasteiger partial charge >= 0.3 is 0 Å². The first-order valence-corrected chi connectivity index (χ1v) is 13.9. The fourth-order valence-corrected chi connectivity index (χ4v) is 6.44. The first kappa shape index (κ1) is 25.4. The summed E-state index contributed by atoms with van der Waals surface area (Å²) in [5.74, 6) is 0.442. The van der Waals surface area contributed by atoms with E-state index in [2.05, 4.69) is 33.7 Å². The van der Waals surface area contributed by atoms with E-state index >= 15 is 4.39 Å². The molecule has 2 atom stereocenters. The van der Waals surface area contributed by atoms with E-state index in [1.165, 1.54) is 12.3 Å². The van der Waals surface area contributed by atoms with Crippen molar-refractivity contribution in [2.75, 3.05) is 5.32 Å². The van der Waals surface area contributed by atoms with E-state index in [1.807, 2.05) is 6.07 Å². The van der Waals surface area contributed by atoms with Crippen molar-refractivity contribution >= 4 is 40.1 Å². The Labute approximate surface area is 225 Å². The lowest BCUT2D eigenvalue weighted by molar-refractivity contribution is -0.131. The van der Waals surface area contributed by atoms with Crippen molar-refractivity contribution in [1.29, 1.82) is 0 Å². The van der Waals surface area contributed by atoms with Gasteiger partial charge in [-0.05, 0) is 82.1 Å². The first-order valence-electron chi connectivity index (χ1n) is 13.5. The summed E-state index contributed by atoms with van der Waals surface area (Å²) in [6.45, 7) is 4.25. The molecule has 3 aliphatic rings. The zero-order valence-corrected chi connectivity index (χ0v) is 22.4. The molecule has 9 heteroatoms. The molecule has 0 spiro atoms. The number of benzene rings is 1. The maximum atomic E-state index is 15.2. The van der Waals surface area contributed by atoms with Crippen molar-refractivity contribution in [2.24, 2.45) is 11.8 Å². The number of rotatable bonds is 6. The van der Waals surface area contributed by atoms with Gasteiger partial charge < -0.3 is 15.0 Å². The maximum absolute atomic E-state index is 15.2. The number of fused-ring (bicyclic) bond motifs is 3. The minimum Gasteiger partial charge on any atom is -0.382 e. The van der Waals surface area contributed by atoms with Crippen LogP contribution in [0, 0.1) is 17.7 Å². The largest absolute Gasteiger partial charge is 0.382 e. The summed E-state index contributed by atoms with van der Waals surface area (Å²) in [7, 11) is 0. The van der Waals surface area contributed by atoms with Crippen LogP contribution in [0.2, 0.25) is 5.02 Å². The van der Waals surface area contributed by atoms with E-state index in [-0.39, 0.29) is 29.1 Å². The molecule has 0 saturated heterocycles. The van der Waals surface area contributed by atoms with Crippen molar-refractivity contribution in [3.05, 3.63) is 41.1 Å². The fourth-order valence-electron chi connectivity index (χ4n) is 6.23. The third-order valence-corrected chi connectivity index (χ3v) is 8.94. The highest BCUT2D eigenvalue weighted by Gasteiger charge is 2.48. The number of halogens is 2. The number of nitrogens with one attached hydrogen (secondary N) is 1. The van der Waals surface area contributed by atoms with Crippen LogP contribution >= 0.6 is 11.6 Å². The molecule has 2 fully saturated rings. The molecule has 0 unspecified atom stereocenters. The molecule has 2 aliphatic carbocycles. The van der Waals surface area contributed by atoms with Crippen LogP contribution in [0.5, 0.6) is 0 Å². The van der Waals surface area contributed by atoms with Gasteiger partial charge in [0, 0.05) is 36.1 Å². The van der Waals surface area contributed by atoms with Crippen LogP contribution in [-0.2, 0) is 21.5 Å². The number of aryl methyl sites for hydroxylation is 1. The normalized spacial score (nSPS) is 23.3. The highest BCUT2D eigenvalue weighted by Crippen LogP contribution is 2.41. The summed E-state index contributed by atoms with van der Waals surface area (Å²) in [6, 6.07) is 5.02. The van der Waals surface area contributed by atoms with Crippen LogP contribution in [0.25, 0.3) is 22.2 Å². The van der Waals surface area contributed by atoms with Crippen LogP contribution in [-0.4, -0.2) is 36.9 Å². The Morgan fingerprint density at radius 1 is 1.21 bits per heavy atom. The summed E-state index contributed by atoms with van der Waals surface area (Å²) in [6.07, 6.45) is 7.74. The molecule has 3 aromatic rings. The lowest BCUT2D eigenvalue weighted by Crippen LogP contribution is -2.31. The van der Waals surface area contributed by atoms with Crippen molar-refractivity contribution in [1.82, 2.24) is 14.5 Å². The average Bonchev–Trinajstić information content (AvgIpc) is 3.40. The molecule has 0 bridgehead atoms. The number of ketones is 1. The fraction of sp³-hybridized carbons (Fsp3) is 0.517. The predicted octanol–water partition coefficient (Wildman–Crippen LogP) is 5.80. The van der Waals surface area contributed by atoms with E-state index in [0.717, 1.165) is 43.4 Å². The number of hydrogen-bond donors (Lipinski definition) is 2. The summed E-state index contributed by atoms with van der Waals surface area (Å²) >= 11 is 6.50. The van der Waals surface area contributed by atoms with Crippen LogP contribution in [0.3, 0.4) is 0 Å². The van der Waals surface area contributed by atoms with Gasteiger partial charge in [0.25, 0.3) is 0 Å². The highest BCUT2D eigenvalue weighted by molar-refractivity contribution is 6.33. The SMILES string of the molecule is CC1(C)CCc2nc3c(F)cc(-c4cc(NC(=O)[C@H]5CCC[C@@H](CC(=O)C6(O)CC6)C5)ncc4Cl)cc3n21. The molecule has 1 amide bonds. The summed E-state index contributed by atoms with van der Waals surface area (Å²) in [4.78, 5) is 34.3. The van der Waals surface area contributed by atoms with Gasteiger partial charge in [-0.15, -0.1) is 0 Å². The first-order chi connectivity index (χ1) is 18.0. The number of nitrogens with zero attached hydrogens (tertiary/aromatic N) is 3. The topological polar surface area (TPSA) is 97.1 Å². The number of carbonyl (C=O) groups excluding carboxylic acids is 2. The molecule has 0 radical (unpaired) electrons. The third kappa shape index (κ3) is 4.51. The molecule has 1 aliphatic heterocycles. The van der Waals surface area contributed by atoms with Crippen LogP contribution < -0.4 is 5.32 Å². The molecule has 2 aromatic heterocycles. The van der Waals surface area contributed by atoms with Gasteiger partial charge in [0.15, 0.2) is 11.6 Å². The van der Waals surface area contributed by atoms with E-state index < -0.39 is 11.4 Å². The van der Waals surface area contributed by atoms with Crippen molar-refractivity contribution in [3.8, 4) is 11.1 Å². The smallest absolute Gasteiger partial charge is 0.228 e. The number of amides is 1. The lowest BCUT2D eigenvalue weighted by Gasteiger charge is -2.28. The number of hydrogen-bond acceptors (Lipinski definition) is 5. The maximum Gasteiger partial charge on any atom is 0.228 e. The van der Waals surface area contributed by atoms with Gasteiger partial charge in [-0.25, -0.2) is 14.4 Å². The molecule has 200 valence electrons. The summed E-state index contributed by atoms with van der Waals surface area (Å²) in [5.41, 5.74) is 0.985. The van der Waals surface area contributed by atoms with Crippen LogP contribution in [0.15, 0.2) is 24.4 Å². The lowest BCUT2D eigenvalue weighted by atomic mass is 9.78. The standard InChI is InChI=1S/C29H32ClFN4O3/c1-28(2)7-6-25-34-26-21(31)12-18(13-22(26)35(25)28)19-14-24(32-15-20(19)30)33-27(37)17-5-3-4-16(10-17)11-23(36)29(38)8-9-29/h12-17,38H,3-11H2,1-2H3,(H,32,33,37)/t16-,17+/m1/s1. The molecule has 2 saturated carbocycles. The number of aromatic nitrogens is 3. The van der Waals surface area contributed by atoms with E-state index in [4.69, 9.17) is 11.6 Å². The highest BCUT2D eigenvalue weighted by atomic mass is 35.5. The number of imidazole rings is 1. The minimum absolute atomic E-state index is 0.0935. The van der Waals surface area contributed by atoms with Crippen LogP contribution in [0.1, 0.15) is 71.0 Å². The van der Waals surface area contributed by atoms with Gasteiger partial charge in [0.1, 0.15) is 22.8 Å². The molecular weight excluding hydrogens is 507 g/mol. The van der Waals surface area contributed by atoms with E-state index in [9.17, 15) is 14.7 Å². The van der Waals surface area contributed by atoms with E-state index in [0.29, 0.717) is 53.2 Å². The monoisotopic (exact) mass is 538 g/mol. The second kappa shape index (κ2) is 9.12. The van der Waals surface area contributed by atoms with Gasteiger partial charge in [0.2, 0.25) is 5.91 Å². The second-order valence-electron chi connectivity index (χ2n) is 11.9. The number of aliphatic hydroxyl groups is 1. The van der Waals surface area contributed by atoms with Gasteiger partial charge in [0.05, 0.1) is 10.5 Å². The zero-order valence-electron chi connectivity index (χ0n) is 21.7. The Bertz CT molecular complexity index is 1460. The number of Topliss-reactive ketones (excluding diaryl/α,β-unsaturated/α-hetero) is 1. The van der Waals surface area contributed by atoms with Crippen molar-refractivity contribution in [2.45, 2.75) is 82.8 Å². The molecule has 2 N–H and O–H groups in total. The Kier molecular flexibility index (Phi) is 6.11. The minimum atomic E-state index is -1.12. The van der Waals surface area contributed by atoms with Crippen molar-refractivity contribution < 1.29 is 19.1 Å². The summed E-state index contributed by atoms with van der Waals surface area (Å²) < 4.78 is 17.3. The second-order valence-corrected chi connectivity index (χ2v) is 12.3. The molecule has 1 aromatic carbocycles. The quantitative estimate of drug-likeness (QED) is 0.413. The van der Waals surface area contributed by atoms with Crippen LogP contribution in [0.4, 0.5) is 10.2 Å². The average molecular weight is 539 g/mol. The molecule has 38 heavy (non-hydrogen) atoms. The van der Waals surface area contributed by atoms with Gasteiger partial charge in [-0.2, -0.15) is 0 Å².